The summed E-state index contributed by atoms with van der Waals surface area (Å²) in [6, 6.07) is 11.4. The summed E-state index contributed by atoms with van der Waals surface area (Å²) in [4.78, 5) is 29.2. The van der Waals surface area contributed by atoms with Crippen molar-refractivity contribution in [2.75, 3.05) is 24.5 Å². The molecule has 1 atom stereocenters. The quantitative estimate of drug-likeness (QED) is 0.561. The van der Waals surface area contributed by atoms with Crippen LogP contribution >= 0.6 is 0 Å². The van der Waals surface area contributed by atoms with Gasteiger partial charge in [0.1, 0.15) is 0 Å². The maximum Gasteiger partial charge on any atom is 0.321 e. The summed E-state index contributed by atoms with van der Waals surface area (Å²) in [6.07, 6.45) is 6.24. The van der Waals surface area contributed by atoms with Gasteiger partial charge < -0.3 is 15.5 Å². The van der Waals surface area contributed by atoms with Crippen molar-refractivity contribution in [2.45, 2.75) is 51.1 Å². The lowest BCUT2D eigenvalue weighted by atomic mass is 10.2. The predicted molar refractivity (Wildman–Crippen MR) is 129 cm³/mol. The summed E-state index contributed by atoms with van der Waals surface area (Å²) in [5.74, 6) is -3.92. The molecule has 2 N–H and O–H groups in total. The fourth-order valence-corrected chi connectivity index (χ4v) is 3.93. The van der Waals surface area contributed by atoms with Crippen molar-refractivity contribution in [1.29, 1.82) is 0 Å². The standard InChI is InChI=1S/C17H21F2N5O2.C8H9N/c1-11(22-16(26)17(2,18)19)9-24-14-4-3-13(7-12(14)8-21-24)23-6-5-20-15(25)10-23;1-2-6-9-8(3-1)7-4-5-7/h3-4,7-8,11H,5-6,9-10H2,1-2H3,(H,20,25)(H,22,26);1-3,6-7H,4-5H2. The van der Waals surface area contributed by atoms with Gasteiger partial charge in [0.05, 0.1) is 24.8 Å². The highest BCUT2D eigenvalue weighted by Crippen LogP contribution is 2.38. The molecule has 1 aromatic carbocycles. The number of carbonyl (C=O) groups excluding carboxylic acids is 2. The van der Waals surface area contributed by atoms with Gasteiger partial charge in [-0.2, -0.15) is 13.9 Å². The largest absolute Gasteiger partial charge is 0.360 e. The fraction of sp³-hybridized carbons (Fsp3) is 0.440. The molecule has 2 aliphatic rings. The first-order valence-corrected chi connectivity index (χ1v) is 11.8. The zero-order valence-corrected chi connectivity index (χ0v) is 19.9. The second-order valence-electron chi connectivity index (χ2n) is 9.13. The number of anilines is 1. The number of rotatable bonds is 6. The molecule has 2 aromatic heterocycles. The van der Waals surface area contributed by atoms with Crippen LogP contribution in [0.3, 0.4) is 0 Å². The molecule has 35 heavy (non-hydrogen) atoms. The van der Waals surface area contributed by atoms with E-state index in [0.717, 1.165) is 29.1 Å². The molecule has 1 aliphatic carbocycles. The summed E-state index contributed by atoms with van der Waals surface area (Å²) < 4.78 is 27.6. The van der Waals surface area contributed by atoms with E-state index in [1.54, 1.807) is 17.8 Å². The van der Waals surface area contributed by atoms with Gasteiger partial charge in [0.25, 0.3) is 5.91 Å². The second kappa shape index (κ2) is 10.4. The number of benzene rings is 1. The van der Waals surface area contributed by atoms with Gasteiger partial charge in [0, 0.05) is 54.9 Å². The number of nitrogens with one attached hydrogen (secondary N) is 2. The summed E-state index contributed by atoms with van der Waals surface area (Å²) in [7, 11) is 0. The average molecular weight is 485 g/mol. The van der Waals surface area contributed by atoms with E-state index in [4.69, 9.17) is 0 Å². The SMILES string of the molecule is CC(Cn1ncc2cc(N3CCNC(=O)C3)ccc21)NC(=O)C(C)(F)F.c1ccc(C2CC2)nc1. The Morgan fingerprint density at radius 1 is 1.29 bits per heavy atom. The van der Waals surface area contributed by atoms with Gasteiger partial charge in [-0.3, -0.25) is 19.3 Å². The third kappa shape index (κ3) is 6.52. The van der Waals surface area contributed by atoms with Crippen molar-refractivity contribution in [3.8, 4) is 0 Å². The second-order valence-corrected chi connectivity index (χ2v) is 9.13. The van der Waals surface area contributed by atoms with Crippen LogP contribution in [0.25, 0.3) is 10.9 Å². The van der Waals surface area contributed by atoms with Crippen molar-refractivity contribution in [1.82, 2.24) is 25.4 Å². The molecule has 3 aromatic rings. The zero-order valence-electron chi connectivity index (χ0n) is 19.9. The van der Waals surface area contributed by atoms with Crippen molar-refractivity contribution < 1.29 is 18.4 Å². The zero-order chi connectivity index (χ0) is 25.0. The number of pyridine rings is 1. The molecule has 0 spiro atoms. The van der Waals surface area contributed by atoms with Crippen LogP contribution in [0.1, 0.15) is 38.3 Å². The molecule has 1 aliphatic heterocycles. The Hall–Kier alpha value is -3.56. The molecule has 8 nitrogen and oxygen atoms in total. The van der Waals surface area contributed by atoms with Crippen molar-refractivity contribution in [2.24, 2.45) is 0 Å². The summed E-state index contributed by atoms with van der Waals surface area (Å²) in [5, 5.41) is 10.2. The molecule has 1 saturated heterocycles. The van der Waals surface area contributed by atoms with Crippen LogP contribution in [0.15, 0.2) is 48.8 Å². The van der Waals surface area contributed by atoms with Gasteiger partial charge in [-0.05, 0) is 50.1 Å². The number of hydrogen-bond acceptors (Lipinski definition) is 5. The third-order valence-electron chi connectivity index (χ3n) is 5.94. The minimum atomic E-state index is -3.41. The van der Waals surface area contributed by atoms with Crippen LogP contribution in [-0.2, 0) is 16.1 Å². The third-order valence-corrected chi connectivity index (χ3v) is 5.94. The molecular weight excluding hydrogens is 454 g/mol. The highest BCUT2D eigenvalue weighted by molar-refractivity contribution is 5.86. The number of carbonyl (C=O) groups is 2. The maximum absolute atomic E-state index is 13.0. The Balaban J connectivity index is 0.000000266. The van der Waals surface area contributed by atoms with E-state index in [2.05, 4.69) is 32.8 Å². The lowest BCUT2D eigenvalue weighted by Gasteiger charge is -2.28. The lowest BCUT2D eigenvalue weighted by molar-refractivity contribution is -0.143. The van der Waals surface area contributed by atoms with Crippen molar-refractivity contribution in [3.05, 3.63) is 54.5 Å². The fourth-order valence-electron chi connectivity index (χ4n) is 3.93. The number of piperazine rings is 1. The van der Waals surface area contributed by atoms with Gasteiger partial charge >= 0.3 is 5.92 Å². The Kier molecular flexibility index (Phi) is 7.28. The first-order chi connectivity index (χ1) is 16.7. The lowest BCUT2D eigenvalue weighted by Crippen LogP contribution is -2.47. The Morgan fingerprint density at radius 3 is 2.74 bits per heavy atom. The Bertz CT molecular complexity index is 1170. The maximum atomic E-state index is 13.0. The Labute approximate surface area is 202 Å². The number of amides is 2. The number of fused-ring (bicyclic) bond motifs is 1. The van der Waals surface area contributed by atoms with Crippen LogP contribution in [0.4, 0.5) is 14.5 Å². The van der Waals surface area contributed by atoms with Crippen molar-refractivity contribution >= 4 is 28.4 Å². The number of alkyl halides is 2. The van der Waals surface area contributed by atoms with Gasteiger partial charge in [-0.25, -0.2) is 0 Å². The molecule has 1 unspecified atom stereocenters. The molecule has 2 amide bonds. The highest BCUT2D eigenvalue weighted by atomic mass is 19.3. The van der Waals surface area contributed by atoms with Crippen LogP contribution < -0.4 is 15.5 Å². The summed E-state index contributed by atoms with van der Waals surface area (Å²) in [5.41, 5.74) is 3.04. The van der Waals surface area contributed by atoms with E-state index in [-0.39, 0.29) is 12.5 Å². The molecule has 5 rings (SSSR count). The van der Waals surface area contributed by atoms with Crippen molar-refractivity contribution in [3.63, 3.8) is 0 Å². The molecule has 3 heterocycles. The topological polar surface area (TPSA) is 92.2 Å². The van der Waals surface area contributed by atoms with Gasteiger partial charge in [0.2, 0.25) is 5.91 Å². The monoisotopic (exact) mass is 484 g/mol. The molecule has 10 heteroatoms. The first-order valence-electron chi connectivity index (χ1n) is 11.8. The van der Waals surface area contributed by atoms with E-state index in [1.807, 2.05) is 35.4 Å². The molecule has 2 fully saturated rings. The molecule has 0 bridgehead atoms. The van der Waals surface area contributed by atoms with Gasteiger partial charge in [-0.15, -0.1) is 0 Å². The normalized spacial score (nSPS) is 16.8. The molecule has 186 valence electrons. The van der Waals surface area contributed by atoms with E-state index in [9.17, 15) is 18.4 Å². The van der Waals surface area contributed by atoms with Gasteiger partial charge in [0.15, 0.2) is 0 Å². The minimum absolute atomic E-state index is 0.00988. The minimum Gasteiger partial charge on any atom is -0.360 e. The molecule has 0 radical (unpaired) electrons. The smallest absolute Gasteiger partial charge is 0.321 e. The number of hydrogen-bond donors (Lipinski definition) is 2. The van der Waals surface area contributed by atoms with E-state index in [1.165, 1.54) is 18.5 Å². The highest BCUT2D eigenvalue weighted by Gasteiger charge is 2.33. The van der Waals surface area contributed by atoms with Crippen LogP contribution in [-0.4, -0.2) is 58.2 Å². The first kappa shape index (κ1) is 24.6. The van der Waals surface area contributed by atoms with E-state index < -0.39 is 17.9 Å². The summed E-state index contributed by atoms with van der Waals surface area (Å²) >= 11 is 0. The number of aromatic nitrogens is 3. The van der Waals surface area contributed by atoms with Crippen LogP contribution in [0.2, 0.25) is 0 Å². The Morgan fingerprint density at radius 2 is 2.09 bits per heavy atom. The number of halogens is 2. The molecular formula is C25H30F2N6O2. The van der Waals surface area contributed by atoms with E-state index >= 15 is 0 Å². The van der Waals surface area contributed by atoms with Crippen LogP contribution in [0, 0.1) is 0 Å². The summed E-state index contributed by atoms with van der Waals surface area (Å²) in [6.45, 7) is 4.15. The average Bonchev–Trinajstić information content (AvgIpc) is 3.61. The van der Waals surface area contributed by atoms with Gasteiger partial charge in [-0.1, -0.05) is 6.07 Å². The van der Waals surface area contributed by atoms with Crippen LogP contribution in [0.5, 0.6) is 0 Å². The molecule has 1 saturated carbocycles. The van der Waals surface area contributed by atoms with E-state index in [0.29, 0.717) is 20.0 Å². The number of nitrogens with zero attached hydrogens (tertiary/aromatic N) is 4. The predicted octanol–water partition coefficient (Wildman–Crippen LogP) is 3.09.